The Kier molecular flexibility index (Phi) is 5.66. The van der Waals surface area contributed by atoms with Crippen molar-refractivity contribution in [3.63, 3.8) is 0 Å². The summed E-state index contributed by atoms with van der Waals surface area (Å²) >= 11 is 0. The number of pyridine rings is 3. The Morgan fingerprint density at radius 2 is 1.92 bits per heavy atom. The molecule has 0 aliphatic carbocycles. The van der Waals surface area contributed by atoms with E-state index in [2.05, 4.69) is 26.3 Å². The largest absolute Gasteiger partial charge is 0.472 e. The second-order valence-electron chi connectivity index (χ2n) is 10.7. The SMILES string of the molecule is Cc1nc(N)cc(-c2nc3c4c(nc(C)c(C(C)C#N)c4c2F)N2C[C@H]4CC[C@H](N4)[C@H]2[C@H](C)O3)c1C(F)(F)F. The zero-order chi connectivity index (χ0) is 28.0. The molecule has 0 amide bonds. The van der Waals surface area contributed by atoms with E-state index in [1.54, 1.807) is 13.8 Å². The van der Waals surface area contributed by atoms with Crippen LogP contribution in [0.5, 0.6) is 5.88 Å². The highest BCUT2D eigenvalue weighted by Crippen LogP contribution is 2.48. The van der Waals surface area contributed by atoms with Gasteiger partial charge in [-0.25, -0.2) is 19.3 Å². The van der Waals surface area contributed by atoms with Gasteiger partial charge in [-0.3, -0.25) is 0 Å². The lowest BCUT2D eigenvalue weighted by Gasteiger charge is -2.43. The molecule has 0 aromatic carbocycles. The van der Waals surface area contributed by atoms with Gasteiger partial charge in [0.15, 0.2) is 5.82 Å². The maximum absolute atomic E-state index is 16.7. The van der Waals surface area contributed by atoms with Gasteiger partial charge in [0.25, 0.3) is 0 Å². The van der Waals surface area contributed by atoms with Gasteiger partial charge in [0.05, 0.1) is 34.7 Å². The Bertz CT molecular complexity index is 1570. The van der Waals surface area contributed by atoms with Crippen molar-refractivity contribution in [3.8, 4) is 23.2 Å². The molecule has 0 radical (unpaired) electrons. The lowest BCUT2D eigenvalue weighted by atomic mass is 9.92. The Hall–Kier alpha value is -3.72. The van der Waals surface area contributed by atoms with E-state index in [0.29, 0.717) is 23.6 Å². The Morgan fingerprint density at radius 3 is 2.62 bits per heavy atom. The molecular weight excluding hydrogens is 514 g/mol. The first-order valence-corrected chi connectivity index (χ1v) is 12.9. The first-order valence-electron chi connectivity index (χ1n) is 12.9. The van der Waals surface area contributed by atoms with Crippen LogP contribution in [0.15, 0.2) is 6.07 Å². The number of anilines is 2. The van der Waals surface area contributed by atoms with Crippen LogP contribution >= 0.6 is 0 Å². The lowest BCUT2D eigenvalue weighted by Crippen LogP contribution is -2.62. The van der Waals surface area contributed by atoms with Crippen molar-refractivity contribution in [1.29, 1.82) is 5.26 Å². The average Bonchev–Trinajstić information content (AvgIpc) is 3.17. The van der Waals surface area contributed by atoms with Gasteiger partial charge in [-0.1, -0.05) is 0 Å². The Balaban J connectivity index is 1.74. The van der Waals surface area contributed by atoms with Crippen LogP contribution in [0.4, 0.5) is 29.2 Å². The van der Waals surface area contributed by atoms with Crippen LogP contribution in [0.25, 0.3) is 22.0 Å². The first-order chi connectivity index (χ1) is 18.4. The molecule has 204 valence electrons. The number of nitrogens with zero attached hydrogens (tertiary/aromatic N) is 5. The monoisotopic (exact) mass is 541 g/mol. The van der Waals surface area contributed by atoms with E-state index in [-0.39, 0.29) is 40.6 Å². The second-order valence-corrected chi connectivity index (χ2v) is 10.7. The van der Waals surface area contributed by atoms with Crippen molar-refractivity contribution in [2.45, 2.75) is 76.9 Å². The fourth-order valence-corrected chi connectivity index (χ4v) is 6.66. The summed E-state index contributed by atoms with van der Waals surface area (Å²) in [5.41, 5.74) is 3.94. The molecule has 12 heteroatoms. The third-order valence-electron chi connectivity index (χ3n) is 8.16. The highest BCUT2D eigenvalue weighted by molar-refractivity contribution is 6.02. The summed E-state index contributed by atoms with van der Waals surface area (Å²) in [4.78, 5) is 15.1. The fraction of sp³-hybridized carbons (Fsp3) is 0.481. The van der Waals surface area contributed by atoms with Crippen LogP contribution in [0.1, 0.15) is 55.1 Å². The molecule has 3 N–H and O–H groups in total. The van der Waals surface area contributed by atoms with Crippen LogP contribution in [-0.2, 0) is 6.18 Å². The van der Waals surface area contributed by atoms with Crippen molar-refractivity contribution >= 4 is 22.4 Å². The maximum atomic E-state index is 16.7. The Labute approximate surface area is 222 Å². The van der Waals surface area contributed by atoms with Crippen LogP contribution in [0.2, 0.25) is 0 Å². The lowest BCUT2D eigenvalue weighted by molar-refractivity contribution is -0.137. The summed E-state index contributed by atoms with van der Waals surface area (Å²) in [6.45, 7) is 6.96. The molecule has 6 heterocycles. The molecule has 1 unspecified atom stereocenters. The van der Waals surface area contributed by atoms with Gasteiger partial charge in [0.1, 0.15) is 23.4 Å². The summed E-state index contributed by atoms with van der Waals surface area (Å²) in [5, 5.41) is 13.7. The third-order valence-corrected chi connectivity index (χ3v) is 8.16. The molecule has 3 aliphatic rings. The fourth-order valence-electron chi connectivity index (χ4n) is 6.66. The number of hydrogen-bond acceptors (Lipinski definition) is 8. The molecule has 3 aliphatic heterocycles. The van der Waals surface area contributed by atoms with E-state index < -0.39 is 46.5 Å². The zero-order valence-electron chi connectivity index (χ0n) is 21.8. The van der Waals surface area contributed by atoms with Crippen molar-refractivity contribution in [1.82, 2.24) is 20.3 Å². The van der Waals surface area contributed by atoms with E-state index in [0.717, 1.165) is 18.9 Å². The highest BCUT2D eigenvalue weighted by atomic mass is 19.4. The molecule has 3 aromatic rings. The van der Waals surface area contributed by atoms with Gasteiger partial charge in [-0.05, 0) is 46.6 Å². The van der Waals surface area contributed by atoms with Gasteiger partial charge in [-0.2, -0.15) is 18.4 Å². The van der Waals surface area contributed by atoms with Gasteiger partial charge in [0, 0.05) is 40.8 Å². The third kappa shape index (κ3) is 3.77. The van der Waals surface area contributed by atoms with Gasteiger partial charge < -0.3 is 20.7 Å². The number of nitrogen functional groups attached to an aromatic ring is 1. The average molecular weight is 542 g/mol. The molecule has 2 saturated heterocycles. The van der Waals surface area contributed by atoms with Crippen LogP contribution < -0.4 is 20.7 Å². The second kappa shape index (κ2) is 8.64. The van der Waals surface area contributed by atoms with Crippen molar-refractivity contribution in [3.05, 3.63) is 34.4 Å². The van der Waals surface area contributed by atoms with E-state index in [9.17, 15) is 18.4 Å². The van der Waals surface area contributed by atoms with Crippen LogP contribution in [0.3, 0.4) is 0 Å². The normalized spacial score (nSPS) is 24.6. The molecule has 0 saturated carbocycles. The number of piperazine rings is 1. The number of ether oxygens (including phenoxy) is 1. The van der Waals surface area contributed by atoms with E-state index in [1.807, 2.05) is 6.92 Å². The summed E-state index contributed by atoms with van der Waals surface area (Å²) in [6, 6.07) is 3.29. The number of aryl methyl sites for hydroxylation is 2. The number of rotatable bonds is 2. The number of nitrogens with one attached hydrogen (secondary N) is 1. The number of nitrogens with two attached hydrogens (primary N) is 1. The van der Waals surface area contributed by atoms with E-state index in [1.165, 1.54) is 6.92 Å². The summed E-state index contributed by atoms with van der Waals surface area (Å²) in [6.07, 6.45) is -3.37. The molecule has 2 fully saturated rings. The molecule has 5 atom stereocenters. The molecule has 8 nitrogen and oxygen atoms in total. The minimum absolute atomic E-state index is 0.00793. The molecule has 6 rings (SSSR count). The standard InChI is InChI=1S/C27H27F4N7O/c1-10(8-32)18-11(2)35-25-20-19(18)22(28)23(15-7-17(33)34-12(3)21(15)27(29,30)31)37-26(20)39-13(4)24-16-6-5-14(36-16)9-38(24)25/h7,10,13-14,16,24,36H,5-6,9H2,1-4H3,(H2,33,34)/t10?,13-,14+,16-,24+/m0/s1. The molecule has 39 heavy (non-hydrogen) atoms. The van der Waals surface area contributed by atoms with Crippen LogP contribution in [-0.4, -0.2) is 45.7 Å². The first kappa shape index (κ1) is 25.6. The Morgan fingerprint density at radius 1 is 1.18 bits per heavy atom. The minimum Gasteiger partial charge on any atom is -0.472 e. The number of hydrogen-bond donors (Lipinski definition) is 2. The van der Waals surface area contributed by atoms with Crippen molar-refractivity contribution in [2.75, 3.05) is 17.2 Å². The molecule has 0 spiro atoms. The summed E-state index contributed by atoms with van der Waals surface area (Å²) < 4.78 is 65.8. The smallest absolute Gasteiger partial charge is 0.418 e. The maximum Gasteiger partial charge on any atom is 0.418 e. The number of aromatic nitrogens is 3. The van der Waals surface area contributed by atoms with Crippen LogP contribution in [0, 0.1) is 31.0 Å². The molecular formula is C27H27F4N7O. The number of halogens is 4. The predicted octanol–water partition coefficient (Wildman–Crippen LogP) is 4.77. The van der Waals surface area contributed by atoms with E-state index >= 15 is 4.39 Å². The number of alkyl halides is 3. The zero-order valence-corrected chi connectivity index (χ0v) is 21.8. The summed E-state index contributed by atoms with van der Waals surface area (Å²) in [5.74, 6) is -1.53. The van der Waals surface area contributed by atoms with Gasteiger partial charge in [0.2, 0.25) is 5.88 Å². The summed E-state index contributed by atoms with van der Waals surface area (Å²) in [7, 11) is 0. The topological polar surface area (TPSA) is 113 Å². The molecule has 2 bridgehead atoms. The predicted molar refractivity (Wildman–Crippen MR) is 137 cm³/mol. The molecule has 3 aromatic heterocycles. The number of fused-ring (bicyclic) bond motifs is 5. The minimum atomic E-state index is -4.85. The quantitative estimate of drug-likeness (QED) is 0.447. The van der Waals surface area contributed by atoms with Gasteiger partial charge >= 0.3 is 6.18 Å². The van der Waals surface area contributed by atoms with E-state index in [4.69, 9.17) is 15.5 Å². The van der Waals surface area contributed by atoms with Gasteiger partial charge in [-0.15, -0.1) is 0 Å². The number of nitriles is 1. The van der Waals surface area contributed by atoms with Crippen molar-refractivity contribution < 1.29 is 22.3 Å². The highest BCUT2D eigenvalue weighted by Gasteiger charge is 2.47. The van der Waals surface area contributed by atoms with Crippen molar-refractivity contribution in [2.24, 2.45) is 0 Å².